The van der Waals surface area contributed by atoms with Crippen molar-refractivity contribution in [1.82, 2.24) is 0 Å². The van der Waals surface area contributed by atoms with E-state index in [1.54, 1.807) is 0 Å². The average molecular weight is 146 g/mol. The molecule has 0 amide bonds. The summed E-state index contributed by atoms with van der Waals surface area (Å²) in [5.74, 6) is 0. The zero-order chi connectivity index (χ0) is 4.99. The Bertz CT molecular complexity index is 73.3. The fourth-order valence-electron chi connectivity index (χ4n) is 0.0556. The zero-order valence-corrected chi connectivity index (χ0v) is 7.86. The van der Waals surface area contributed by atoms with Crippen molar-refractivity contribution < 1.29 is 64.3 Å². The average Bonchev–Trinajstić information content (AvgIpc) is 1.35. The third-order valence-corrected chi connectivity index (χ3v) is 0.440. The Balaban J connectivity index is 0. The molecule has 0 rings (SSSR count). The molecule has 1 unspecified atom stereocenters. The Morgan fingerprint density at radius 2 is 2.29 bits per heavy atom. The van der Waals surface area contributed by atoms with Crippen LogP contribution in [0.1, 0.15) is 0 Å². The molecular weight excluding hydrogens is 143 g/mol. The standard InChI is InChI=1S/C2H4O3S.K/c1-2-5-6(3)4;/h2H,1H2,(H,3,4);/q;+1/p-1. The van der Waals surface area contributed by atoms with Crippen LogP contribution in [-0.4, -0.2) is 8.76 Å². The summed E-state index contributed by atoms with van der Waals surface area (Å²) in [6, 6.07) is 0. The third kappa shape index (κ3) is 11.1. The smallest absolute Gasteiger partial charge is 0.740 e. The minimum atomic E-state index is -2.43. The predicted molar refractivity (Wildman–Crippen MR) is 20.2 cm³/mol. The van der Waals surface area contributed by atoms with Crippen LogP contribution in [0.3, 0.4) is 0 Å². The van der Waals surface area contributed by atoms with Crippen LogP contribution in [-0.2, 0) is 15.5 Å². The summed E-state index contributed by atoms with van der Waals surface area (Å²) in [6.45, 7) is 2.99. The van der Waals surface area contributed by atoms with E-state index in [0.717, 1.165) is 6.26 Å². The van der Waals surface area contributed by atoms with E-state index in [9.17, 15) is 8.76 Å². The van der Waals surface area contributed by atoms with Crippen LogP contribution in [0, 0.1) is 0 Å². The molecule has 7 heavy (non-hydrogen) atoms. The molecule has 0 heterocycles. The van der Waals surface area contributed by atoms with Crippen LogP contribution in [0.2, 0.25) is 0 Å². The second-order valence-electron chi connectivity index (χ2n) is 0.467. The maximum absolute atomic E-state index is 9.31. The Hall–Kier alpha value is 1.29. The first-order chi connectivity index (χ1) is 2.77. The van der Waals surface area contributed by atoms with Gasteiger partial charge in [0.15, 0.2) is 0 Å². The first-order valence-electron chi connectivity index (χ1n) is 1.14. The van der Waals surface area contributed by atoms with Gasteiger partial charge < -0.3 is 8.74 Å². The zero-order valence-electron chi connectivity index (χ0n) is 3.92. The molecule has 0 aromatic carbocycles. The summed E-state index contributed by atoms with van der Waals surface area (Å²) < 4.78 is 22.3. The molecule has 0 spiro atoms. The van der Waals surface area contributed by atoms with E-state index < -0.39 is 11.4 Å². The normalized spacial score (nSPS) is 11.0. The molecule has 0 aromatic heterocycles. The fourth-order valence-corrected chi connectivity index (χ4v) is 0.167. The Kier molecular flexibility index (Phi) is 11.6. The molecule has 0 bridgehead atoms. The minimum absolute atomic E-state index is 0. The minimum Gasteiger partial charge on any atom is -0.740 e. The maximum atomic E-state index is 9.31. The van der Waals surface area contributed by atoms with Gasteiger partial charge in [0.25, 0.3) is 0 Å². The van der Waals surface area contributed by atoms with E-state index in [2.05, 4.69) is 10.8 Å². The van der Waals surface area contributed by atoms with Gasteiger partial charge in [-0.25, -0.2) is 4.21 Å². The first kappa shape index (κ1) is 11.1. The van der Waals surface area contributed by atoms with E-state index in [-0.39, 0.29) is 51.4 Å². The van der Waals surface area contributed by atoms with Crippen molar-refractivity contribution in [3.8, 4) is 0 Å². The van der Waals surface area contributed by atoms with Crippen LogP contribution in [0.15, 0.2) is 12.8 Å². The van der Waals surface area contributed by atoms with E-state index in [4.69, 9.17) is 0 Å². The van der Waals surface area contributed by atoms with Crippen LogP contribution < -0.4 is 51.4 Å². The molecule has 36 valence electrons. The summed E-state index contributed by atoms with van der Waals surface area (Å²) in [7, 11) is 0. The van der Waals surface area contributed by atoms with Crippen LogP contribution in [0.4, 0.5) is 0 Å². The summed E-state index contributed by atoms with van der Waals surface area (Å²) in [5.41, 5.74) is 0. The monoisotopic (exact) mass is 146 g/mol. The second-order valence-corrected chi connectivity index (χ2v) is 1.07. The fraction of sp³-hybridized carbons (Fsp3) is 0. The quantitative estimate of drug-likeness (QED) is 0.236. The molecule has 0 aliphatic heterocycles. The molecule has 0 N–H and O–H groups in total. The third-order valence-electron chi connectivity index (χ3n) is 0.147. The molecule has 0 saturated carbocycles. The largest absolute Gasteiger partial charge is 1.00 e. The molecule has 0 aromatic rings. The predicted octanol–water partition coefficient (Wildman–Crippen LogP) is -3.06. The van der Waals surface area contributed by atoms with Crippen LogP contribution in [0.5, 0.6) is 0 Å². The summed E-state index contributed by atoms with van der Waals surface area (Å²) in [5, 5.41) is 0. The van der Waals surface area contributed by atoms with Gasteiger partial charge in [0.1, 0.15) is 11.4 Å². The molecule has 0 saturated heterocycles. The summed E-state index contributed by atoms with van der Waals surface area (Å²) in [6.07, 6.45) is 0.836. The topological polar surface area (TPSA) is 49.4 Å². The Morgan fingerprint density at radius 3 is 2.29 bits per heavy atom. The SMILES string of the molecule is C=COS(=O)[O-].[K+]. The van der Waals surface area contributed by atoms with Gasteiger partial charge in [-0.1, -0.05) is 6.58 Å². The maximum Gasteiger partial charge on any atom is 1.00 e. The number of rotatable bonds is 2. The van der Waals surface area contributed by atoms with E-state index >= 15 is 0 Å². The van der Waals surface area contributed by atoms with E-state index in [1.165, 1.54) is 0 Å². The van der Waals surface area contributed by atoms with Crippen molar-refractivity contribution in [3.05, 3.63) is 12.8 Å². The van der Waals surface area contributed by atoms with Gasteiger partial charge in [-0.2, -0.15) is 0 Å². The van der Waals surface area contributed by atoms with Crippen molar-refractivity contribution in [2.75, 3.05) is 0 Å². The van der Waals surface area contributed by atoms with E-state index in [0.29, 0.717) is 0 Å². The molecule has 0 aliphatic carbocycles. The van der Waals surface area contributed by atoms with Crippen LogP contribution in [0.25, 0.3) is 0 Å². The number of hydrogen-bond acceptors (Lipinski definition) is 3. The molecule has 0 radical (unpaired) electrons. The molecule has 0 aliphatic rings. The van der Waals surface area contributed by atoms with Crippen molar-refractivity contribution in [1.29, 1.82) is 0 Å². The van der Waals surface area contributed by atoms with Gasteiger partial charge in [0, 0.05) is 0 Å². The molecule has 3 nitrogen and oxygen atoms in total. The van der Waals surface area contributed by atoms with Crippen molar-refractivity contribution in [2.24, 2.45) is 0 Å². The van der Waals surface area contributed by atoms with Gasteiger partial charge in [-0.15, -0.1) is 0 Å². The second kappa shape index (κ2) is 7.29. The van der Waals surface area contributed by atoms with Crippen molar-refractivity contribution in [2.45, 2.75) is 0 Å². The van der Waals surface area contributed by atoms with Gasteiger partial charge in [0.05, 0.1) is 6.26 Å². The molecule has 0 fully saturated rings. The summed E-state index contributed by atoms with van der Waals surface area (Å²) in [4.78, 5) is 0. The van der Waals surface area contributed by atoms with Crippen molar-refractivity contribution >= 4 is 11.4 Å². The van der Waals surface area contributed by atoms with Gasteiger partial charge in [-0.3, -0.25) is 0 Å². The summed E-state index contributed by atoms with van der Waals surface area (Å²) >= 11 is -2.43. The van der Waals surface area contributed by atoms with Gasteiger partial charge >= 0.3 is 51.4 Å². The van der Waals surface area contributed by atoms with Crippen molar-refractivity contribution in [3.63, 3.8) is 0 Å². The molecular formula is C2H3KO3S. The van der Waals surface area contributed by atoms with Crippen LogP contribution >= 0.6 is 0 Å². The Morgan fingerprint density at radius 1 is 1.86 bits per heavy atom. The number of hydrogen-bond donors (Lipinski definition) is 0. The van der Waals surface area contributed by atoms with Gasteiger partial charge in [0.2, 0.25) is 0 Å². The first-order valence-corrected chi connectivity index (χ1v) is 2.14. The van der Waals surface area contributed by atoms with E-state index in [1.807, 2.05) is 0 Å². The Labute approximate surface area is 87.0 Å². The molecule has 5 heteroatoms. The molecule has 1 atom stereocenters. The van der Waals surface area contributed by atoms with Gasteiger partial charge in [-0.05, 0) is 0 Å².